The molecule has 0 radical (unpaired) electrons. The maximum absolute atomic E-state index is 12.5. The second-order valence-corrected chi connectivity index (χ2v) is 7.84. The number of anilines is 2. The summed E-state index contributed by atoms with van der Waals surface area (Å²) in [5.41, 5.74) is 2.87. The molecule has 0 saturated carbocycles. The van der Waals surface area contributed by atoms with Gasteiger partial charge in [0.05, 0.1) is 4.90 Å². The van der Waals surface area contributed by atoms with Crippen molar-refractivity contribution in [1.82, 2.24) is 10.3 Å². The van der Waals surface area contributed by atoms with Gasteiger partial charge in [0.1, 0.15) is 0 Å². The number of hydrogen-bond donors (Lipinski definition) is 3. The maximum atomic E-state index is 12.5. The fourth-order valence-electron chi connectivity index (χ4n) is 2.50. The minimum Gasteiger partial charge on any atom is -0.334 e. The molecule has 8 heteroatoms. The monoisotopic (exact) mass is 396 g/mol. The highest BCUT2D eigenvalue weighted by Crippen LogP contribution is 2.19. The first-order chi connectivity index (χ1) is 13.4. The molecule has 28 heavy (non-hydrogen) atoms. The van der Waals surface area contributed by atoms with E-state index in [1.165, 1.54) is 24.3 Å². The van der Waals surface area contributed by atoms with E-state index in [-0.39, 0.29) is 10.9 Å². The van der Waals surface area contributed by atoms with Crippen LogP contribution in [0.1, 0.15) is 11.1 Å². The van der Waals surface area contributed by atoms with Crippen molar-refractivity contribution < 1.29 is 13.2 Å². The Hall–Kier alpha value is -3.39. The molecule has 1 aromatic heterocycles. The molecule has 7 nitrogen and oxygen atoms in total. The first-order valence-electron chi connectivity index (χ1n) is 8.56. The highest BCUT2D eigenvalue weighted by atomic mass is 32.2. The van der Waals surface area contributed by atoms with E-state index in [4.69, 9.17) is 0 Å². The number of urea groups is 1. The molecule has 1 heterocycles. The minimum atomic E-state index is -3.71. The van der Waals surface area contributed by atoms with Gasteiger partial charge in [0, 0.05) is 30.3 Å². The van der Waals surface area contributed by atoms with Gasteiger partial charge < -0.3 is 10.6 Å². The molecular weight excluding hydrogens is 376 g/mol. The van der Waals surface area contributed by atoms with Crippen molar-refractivity contribution in [2.75, 3.05) is 10.0 Å². The van der Waals surface area contributed by atoms with Crippen molar-refractivity contribution in [3.63, 3.8) is 0 Å². The summed E-state index contributed by atoms with van der Waals surface area (Å²) in [5.74, 6) is 0. The van der Waals surface area contributed by atoms with Gasteiger partial charge in [-0.05, 0) is 66.6 Å². The molecule has 2 amide bonds. The van der Waals surface area contributed by atoms with Crippen molar-refractivity contribution in [2.45, 2.75) is 18.4 Å². The molecule has 0 aliphatic rings. The number of benzene rings is 2. The standard InChI is InChI=1S/C20H20N4O3S/c1-15-3-2-4-18(13-15)24-28(26,27)19-7-5-17(6-8-19)23-20(25)22-14-16-9-11-21-12-10-16/h2-13,24H,14H2,1H3,(H2,22,23,25). The van der Waals surface area contributed by atoms with Crippen LogP contribution in [0.4, 0.5) is 16.2 Å². The van der Waals surface area contributed by atoms with Gasteiger partial charge in [-0.2, -0.15) is 0 Å². The van der Waals surface area contributed by atoms with Crippen LogP contribution in [0, 0.1) is 6.92 Å². The summed E-state index contributed by atoms with van der Waals surface area (Å²) in [6, 6.07) is 16.3. The van der Waals surface area contributed by atoms with Crippen molar-refractivity contribution >= 4 is 27.4 Å². The normalized spacial score (nSPS) is 10.9. The Balaban J connectivity index is 1.60. The second-order valence-electron chi connectivity index (χ2n) is 6.16. The molecule has 0 spiro atoms. The van der Waals surface area contributed by atoms with Gasteiger partial charge >= 0.3 is 6.03 Å². The fraction of sp³-hybridized carbons (Fsp3) is 0.100. The summed E-state index contributed by atoms with van der Waals surface area (Å²) < 4.78 is 27.5. The van der Waals surface area contributed by atoms with E-state index in [2.05, 4.69) is 20.3 Å². The average molecular weight is 396 g/mol. The smallest absolute Gasteiger partial charge is 0.319 e. The predicted molar refractivity (Wildman–Crippen MR) is 109 cm³/mol. The molecule has 3 N–H and O–H groups in total. The Morgan fingerprint density at radius 3 is 2.36 bits per heavy atom. The number of aryl methyl sites for hydroxylation is 1. The lowest BCUT2D eigenvalue weighted by atomic mass is 10.2. The van der Waals surface area contributed by atoms with Crippen LogP contribution in [0.5, 0.6) is 0 Å². The number of carbonyl (C=O) groups excluding carboxylic acids is 1. The quantitative estimate of drug-likeness (QED) is 0.593. The Bertz CT molecular complexity index is 1050. The number of rotatable bonds is 6. The van der Waals surface area contributed by atoms with Crippen LogP contribution in [0.2, 0.25) is 0 Å². The molecule has 0 unspecified atom stereocenters. The largest absolute Gasteiger partial charge is 0.334 e. The van der Waals surface area contributed by atoms with Crippen molar-refractivity contribution in [2.24, 2.45) is 0 Å². The maximum Gasteiger partial charge on any atom is 0.319 e. The molecule has 0 aliphatic carbocycles. The summed E-state index contributed by atoms with van der Waals surface area (Å²) in [4.78, 5) is 16.0. The van der Waals surface area contributed by atoms with Crippen LogP contribution in [-0.2, 0) is 16.6 Å². The predicted octanol–water partition coefficient (Wildman–Crippen LogP) is 3.51. The number of amides is 2. The SMILES string of the molecule is Cc1cccc(NS(=O)(=O)c2ccc(NC(=O)NCc3ccncc3)cc2)c1. The lowest BCUT2D eigenvalue weighted by Crippen LogP contribution is -2.28. The van der Waals surface area contributed by atoms with E-state index < -0.39 is 10.0 Å². The molecule has 0 bridgehead atoms. The van der Waals surface area contributed by atoms with Gasteiger partial charge in [-0.1, -0.05) is 12.1 Å². The average Bonchev–Trinajstić information content (AvgIpc) is 2.67. The molecule has 3 rings (SSSR count). The highest BCUT2D eigenvalue weighted by molar-refractivity contribution is 7.92. The Morgan fingerprint density at radius 2 is 1.68 bits per heavy atom. The Kier molecular flexibility index (Phi) is 5.90. The van der Waals surface area contributed by atoms with Crippen LogP contribution in [-0.4, -0.2) is 19.4 Å². The van der Waals surface area contributed by atoms with E-state index in [0.717, 1.165) is 11.1 Å². The topological polar surface area (TPSA) is 100 Å². The third-order valence-corrected chi connectivity index (χ3v) is 5.29. The zero-order valence-electron chi connectivity index (χ0n) is 15.2. The molecule has 144 valence electrons. The molecular formula is C20H20N4O3S. The Labute approximate surface area is 163 Å². The number of nitrogens with zero attached hydrogens (tertiary/aromatic N) is 1. The summed E-state index contributed by atoms with van der Waals surface area (Å²) in [7, 11) is -3.71. The highest BCUT2D eigenvalue weighted by Gasteiger charge is 2.14. The number of carbonyl (C=O) groups is 1. The number of hydrogen-bond acceptors (Lipinski definition) is 4. The van der Waals surface area contributed by atoms with Crippen LogP contribution in [0.3, 0.4) is 0 Å². The van der Waals surface area contributed by atoms with Crippen LogP contribution >= 0.6 is 0 Å². The van der Waals surface area contributed by atoms with Crippen molar-refractivity contribution in [3.8, 4) is 0 Å². The molecule has 0 aliphatic heterocycles. The van der Waals surface area contributed by atoms with Crippen molar-refractivity contribution in [1.29, 1.82) is 0 Å². The first kappa shape index (κ1) is 19.4. The second kappa shape index (κ2) is 8.53. The van der Waals surface area contributed by atoms with Gasteiger partial charge in [0.15, 0.2) is 0 Å². The zero-order valence-corrected chi connectivity index (χ0v) is 16.0. The number of pyridine rings is 1. The number of nitrogens with one attached hydrogen (secondary N) is 3. The van der Waals surface area contributed by atoms with E-state index >= 15 is 0 Å². The molecule has 2 aromatic carbocycles. The summed E-state index contributed by atoms with van der Waals surface area (Å²) in [6.07, 6.45) is 3.30. The van der Waals surface area contributed by atoms with E-state index in [9.17, 15) is 13.2 Å². The van der Waals surface area contributed by atoms with E-state index in [1.54, 1.807) is 42.7 Å². The van der Waals surface area contributed by atoms with E-state index in [0.29, 0.717) is 17.9 Å². The first-order valence-corrected chi connectivity index (χ1v) is 10.0. The molecule has 0 saturated heterocycles. The lowest BCUT2D eigenvalue weighted by Gasteiger charge is -2.10. The van der Waals surface area contributed by atoms with Gasteiger partial charge in [0.2, 0.25) is 0 Å². The van der Waals surface area contributed by atoms with Gasteiger partial charge in [-0.15, -0.1) is 0 Å². The summed E-state index contributed by atoms with van der Waals surface area (Å²) >= 11 is 0. The van der Waals surface area contributed by atoms with Crippen molar-refractivity contribution in [3.05, 3.63) is 84.2 Å². The van der Waals surface area contributed by atoms with Crippen LogP contribution in [0.15, 0.2) is 78.0 Å². The summed E-state index contributed by atoms with van der Waals surface area (Å²) in [5, 5.41) is 5.39. The Morgan fingerprint density at radius 1 is 0.964 bits per heavy atom. The van der Waals surface area contributed by atoms with Gasteiger partial charge in [-0.25, -0.2) is 13.2 Å². The number of aromatic nitrogens is 1. The number of sulfonamides is 1. The summed E-state index contributed by atoms with van der Waals surface area (Å²) in [6.45, 7) is 2.25. The molecule has 0 fully saturated rings. The van der Waals surface area contributed by atoms with E-state index in [1.807, 2.05) is 13.0 Å². The third-order valence-electron chi connectivity index (χ3n) is 3.90. The molecule has 3 aromatic rings. The van der Waals surface area contributed by atoms with Gasteiger partial charge in [0.25, 0.3) is 10.0 Å². The minimum absolute atomic E-state index is 0.108. The third kappa shape index (κ3) is 5.31. The molecule has 0 atom stereocenters. The lowest BCUT2D eigenvalue weighted by molar-refractivity contribution is 0.251. The fourth-order valence-corrected chi connectivity index (χ4v) is 3.55. The zero-order chi connectivity index (χ0) is 20.0. The van der Waals surface area contributed by atoms with Crippen LogP contribution in [0.25, 0.3) is 0 Å². The van der Waals surface area contributed by atoms with Gasteiger partial charge in [-0.3, -0.25) is 9.71 Å². The van der Waals surface area contributed by atoms with Crippen LogP contribution < -0.4 is 15.4 Å².